The topological polar surface area (TPSA) is 90.0 Å². The van der Waals surface area contributed by atoms with Gasteiger partial charge in [0.2, 0.25) is 0 Å². The molecular formula is C11H18FNO6S. The van der Waals surface area contributed by atoms with E-state index in [0.717, 1.165) is 12.0 Å². The normalized spacial score (nSPS) is 23.6. The molecule has 1 saturated heterocycles. The lowest BCUT2D eigenvalue weighted by molar-refractivity contribution is -0.144. The Balaban J connectivity index is 2.91. The smallest absolute Gasteiger partial charge is 0.410 e. The van der Waals surface area contributed by atoms with Crippen molar-refractivity contribution in [1.29, 1.82) is 0 Å². The van der Waals surface area contributed by atoms with E-state index in [1.165, 1.54) is 0 Å². The average molecular weight is 311 g/mol. The van der Waals surface area contributed by atoms with Crippen molar-refractivity contribution in [3.8, 4) is 0 Å². The van der Waals surface area contributed by atoms with Crippen molar-refractivity contribution in [3.05, 3.63) is 0 Å². The van der Waals surface area contributed by atoms with Crippen LogP contribution in [0.3, 0.4) is 0 Å². The third kappa shape index (κ3) is 4.06. The van der Waals surface area contributed by atoms with Crippen LogP contribution >= 0.6 is 0 Å². The number of nitrogens with zero attached hydrogens (tertiary/aromatic N) is 1. The Morgan fingerprint density at radius 1 is 1.25 bits per heavy atom. The molecule has 0 saturated carbocycles. The van der Waals surface area contributed by atoms with E-state index in [1.54, 1.807) is 20.8 Å². The number of carbonyl (C=O) groups excluding carboxylic acids is 2. The minimum absolute atomic E-state index is 0.255. The van der Waals surface area contributed by atoms with E-state index in [0.29, 0.717) is 0 Å². The summed E-state index contributed by atoms with van der Waals surface area (Å²) in [6, 6.07) is 0. The Morgan fingerprint density at radius 3 is 2.20 bits per heavy atom. The second-order valence-corrected chi connectivity index (χ2v) is 7.09. The Bertz CT molecular complexity index is 498. The molecule has 0 aromatic heterocycles. The van der Waals surface area contributed by atoms with Gasteiger partial charge in [-0.2, -0.15) is 8.42 Å². The Labute approximate surface area is 117 Å². The molecule has 9 heteroatoms. The van der Waals surface area contributed by atoms with Crippen LogP contribution in [0.5, 0.6) is 0 Å². The number of hydrogen-bond acceptors (Lipinski definition) is 6. The molecular weight excluding hydrogens is 293 g/mol. The van der Waals surface area contributed by atoms with Gasteiger partial charge in [0, 0.05) is 13.1 Å². The number of ether oxygens (including phenoxy) is 2. The van der Waals surface area contributed by atoms with Crippen LogP contribution in [0.25, 0.3) is 0 Å². The summed E-state index contributed by atoms with van der Waals surface area (Å²) in [5.74, 6) is -2.12. The minimum atomic E-state index is -4.97. The van der Waals surface area contributed by atoms with E-state index in [2.05, 4.69) is 4.74 Å². The number of halogens is 1. The third-order valence-corrected chi connectivity index (χ3v) is 3.98. The van der Waals surface area contributed by atoms with Gasteiger partial charge in [0.15, 0.2) is 0 Å². The molecule has 0 N–H and O–H groups in total. The molecule has 0 spiro atoms. The van der Waals surface area contributed by atoms with Crippen LogP contribution in [0.1, 0.15) is 20.8 Å². The summed E-state index contributed by atoms with van der Waals surface area (Å²) >= 11 is 0. The van der Waals surface area contributed by atoms with Gasteiger partial charge in [-0.3, -0.25) is 4.79 Å². The third-order valence-electron chi connectivity index (χ3n) is 2.78. The minimum Gasteiger partial charge on any atom is -0.469 e. The lowest BCUT2D eigenvalue weighted by atomic mass is 10.1. The summed E-state index contributed by atoms with van der Waals surface area (Å²) in [6.45, 7) is 4.23. The average Bonchev–Trinajstić information content (AvgIpc) is 2.70. The molecule has 1 fully saturated rings. The second-order valence-electron chi connectivity index (χ2n) is 5.53. The van der Waals surface area contributed by atoms with Gasteiger partial charge in [0.05, 0.1) is 13.0 Å². The maximum atomic E-state index is 13.2. The molecule has 0 bridgehead atoms. The maximum absolute atomic E-state index is 13.2. The van der Waals surface area contributed by atoms with E-state index < -0.39 is 45.6 Å². The molecule has 20 heavy (non-hydrogen) atoms. The largest absolute Gasteiger partial charge is 0.469 e. The highest BCUT2D eigenvalue weighted by molar-refractivity contribution is 7.87. The summed E-state index contributed by atoms with van der Waals surface area (Å²) in [7, 11) is -3.90. The first-order chi connectivity index (χ1) is 8.95. The number of methoxy groups -OCH3 is 1. The van der Waals surface area contributed by atoms with Gasteiger partial charge in [-0.1, -0.05) is 0 Å². The van der Waals surface area contributed by atoms with Crippen LogP contribution in [0.15, 0.2) is 0 Å². The van der Waals surface area contributed by atoms with Crippen LogP contribution in [0.4, 0.5) is 8.68 Å². The number of carbonyl (C=O) groups is 2. The number of amides is 1. The number of rotatable bonds is 2. The van der Waals surface area contributed by atoms with Gasteiger partial charge >= 0.3 is 22.3 Å². The van der Waals surface area contributed by atoms with Crippen LogP contribution in [0, 0.1) is 5.92 Å². The van der Waals surface area contributed by atoms with Gasteiger partial charge in [-0.25, -0.2) is 4.79 Å². The van der Waals surface area contributed by atoms with Crippen molar-refractivity contribution in [3.63, 3.8) is 0 Å². The first-order valence-electron chi connectivity index (χ1n) is 5.95. The highest BCUT2D eigenvalue weighted by atomic mass is 32.3. The van der Waals surface area contributed by atoms with Gasteiger partial charge in [-0.05, 0) is 20.8 Å². The molecule has 116 valence electrons. The Morgan fingerprint density at radius 2 is 1.80 bits per heavy atom. The predicted molar refractivity (Wildman–Crippen MR) is 67.1 cm³/mol. The molecule has 2 atom stereocenters. The molecule has 2 unspecified atom stereocenters. The SMILES string of the molecule is COC(=O)C1CN(C(=O)OC(C)(C)C)CC1S(=O)(=O)F. The molecule has 0 aromatic rings. The Kier molecular flexibility index (Phi) is 4.62. The van der Waals surface area contributed by atoms with Crippen molar-refractivity contribution < 1.29 is 31.4 Å². The zero-order chi connectivity index (χ0) is 15.7. The highest BCUT2D eigenvalue weighted by Gasteiger charge is 2.48. The number of hydrogen-bond donors (Lipinski definition) is 0. The second kappa shape index (κ2) is 5.55. The quantitative estimate of drug-likeness (QED) is 0.550. The van der Waals surface area contributed by atoms with Crippen molar-refractivity contribution in [1.82, 2.24) is 4.90 Å². The van der Waals surface area contributed by atoms with Crippen LogP contribution in [0.2, 0.25) is 0 Å². The highest BCUT2D eigenvalue weighted by Crippen LogP contribution is 2.27. The van der Waals surface area contributed by atoms with Crippen molar-refractivity contribution in [2.24, 2.45) is 5.92 Å². The van der Waals surface area contributed by atoms with Crippen molar-refractivity contribution >= 4 is 22.3 Å². The molecule has 0 aromatic carbocycles. The fourth-order valence-corrected chi connectivity index (χ4v) is 2.86. The van der Waals surface area contributed by atoms with Crippen LogP contribution < -0.4 is 0 Å². The molecule has 1 heterocycles. The number of esters is 1. The lowest BCUT2D eigenvalue weighted by Gasteiger charge is -2.24. The van der Waals surface area contributed by atoms with Gasteiger partial charge < -0.3 is 14.4 Å². The Hall–Kier alpha value is -1.38. The lowest BCUT2D eigenvalue weighted by Crippen LogP contribution is -2.36. The molecule has 1 rings (SSSR count). The molecule has 0 aliphatic carbocycles. The fourth-order valence-electron chi connectivity index (χ4n) is 1.91. The van der Waals surface area contributed by atoms with E-state index >= 15 is 0 Å². The van der Waals surface area contributed by atoms with E-state index in [1.807, 2.05) is 0 Å². The van der Waals surface area contributed by atoms with Gasteiger partial charge in [0.1, 0.15) is 10.9 Å². The molecule has 1 aliphatic heterocycles. The maximum Gasteiger partial charge on any atom is 0.410 e. The summed E-state index contributed by atoms with van der Waals surface area (Å²) in [5.41, 5.74) is -0.773. The predicted octanol–water partition coefficient (Wildman–Crippen LogP) is 0.694. The monoisotopic (exact) mass is 311 g/mol. The van der Waals surface area contributed by atoms with E-state index in [4.69, 9.17) is 4.74 Å². The molecule has 1 amide bonds. The van der Waals surface area contributed by atoms with E-state index in [9.17, 15) is 21.9 Å². The zero-order valence-corrected chi connectivity index (χ0v) is 12.6. The molecule has 0 radical (unpaired) electrons. The van der Waals surface area contributed by atoms with Gasteiger partial charge in [0.25, 0.3) is 0 Å². The molecule has 7 nitrogen and oxygen atoms in total. The fraction of sp³-hybridized carbons (Fsp3) is 0.818. The first kappa shape index (κ1) is 16.7. The van der Waals surface area contributed by atoms with Crippen molar-refractivity contribution in [2.75, 3.05) is 20.2 Å². The standard InChI is InChI=1S/C11H18FNO6S/c1-11(2,3)19-10(15)13-5-7(9(14)18-4)8(6-13)20(12,16)17/h7-8H,5-6H2,1-4H3. The first-order valence-corrected chi connectivity index (χ1v) is 7.39. The van der Waals surface area contributed by atoms with Crippen LogP contribution in [-0.2, 0) is 24.5 Å². The zero-order valence-electron chi connectivity index (χ0n) is 11.8. The van der Waals surface area contributed by atoms with Crippen LogP contribution in [-0.4, -0.2) is 56.4 Å². The molecule has 1 aliphatic rings. The van der Waals surface area contributed by atoms with E-state index in [-0.39, 0.29) is 6.54 Å². The summed E-state index contributed by atoms with van der Waals surface area (Å²) in [6.07, 6.45) is -0.794. The van der Waals surface area contributed by atoms with Gasteiger partial charge in [-0.15, -0.1) is 3.89 Å². The summed E-state index contributed by atoms with van der Waals surface area (Å²) in [4.78, 5) is 24.3. The summed E-state index contributed by atoms with van der Waals surface area (Å²) < 4.78 is 44.8. The number of likely N-dealkylation sites (tertiary alicyclic amines) is 1. The summed E-state index contributed by atoms with van der Waals surface area (Å²) in [5, 5.41) is -1.62. The van der Waals surface area contributed by atoms with Crippen molar-refractivity contribution in [2.45, 2.75) is 31.6 Å².